The third kappa shape index (κ3) is 5.10. The van der Waals surface area contributed by atoms with Gasteiger partial charge in [0.2, 0.25) is 0 Å². The lowest BCUT2D eigenvalue weighted by atomic mass is 10.0. The van der Waals surface area contributed by atoms with E-state index in [-0.39, 0.29) is 17.3 Å². The van der Waals surface area contributed by atoms with Gasteiger partial charge in [-0.15, -0.1) is 12.4 Å². The SMILES string of the molecule is COc1ccc(S(=O)(=O)Nc2ccc(C(C)C)cc2)cc1N1CCNCC1.Cl. The highest BCUT2D eigenvalue weighted by molar-refractivity contribution is 7.92. The zero-order chi connectivity index (χ0) is 19.4. The Hall–Kier alpha value is -1.96. The number of nitrogens with zero attached hydrogens (tertiary/aromatic N) is 1. The Morgan fingerprint density at radius 3 is 2.29 bits per heavy atom. The predicted molar refractivity (Wildman–Crippen MR) is 117 cm³/mol. The molecule has 28 heavy (non-hydrogen) atoms. The third-order valence-electron chi connectivity index (χ3n) is 4.75. The summed E-state index contributed by atoms with van der Waals surface area (Å²) in [4.78, 5) is 2.37. The standard InChI is InChI=1S/C20H27N3O3S.ClH/c1-15(2)16-4-6-17(7-5-16)22-27(24,25)18-8-9-20(26-3)19(14-18)23-12-10-21-11-13-23;/h4-9,14-15,21-22H,10-13H2,1-3H3;1H. The first-order valence-corrected chi connectivity index (χ1v) is 10.7. The first kappa shape index (κ1) is 22.3. The zero-order valence-corrected chi connectivity index (χ0v) is 18.1. The molecule has 0 aliphatic carbocycles. The Kier molecular flexibility index (Phi) is 7.57. The number of nitrogens with one attached hydrogen (secondary N) is 2. The predicted octanol–water partition coefficient (Wildman–Crippen LogP) is 3.45. The topological polar surface area (TPSA) is 70.7 Å². The van der Waals surface area contributed by atoms with E-state index in [1.807, 2.05) is 12.1 Å². The molecular formula is C20H28ClN3O3S. The molecule has 0 radical (unpaired) electrons. The highest BCUT2D eigenvalue weighted by Gasteiger charge is 2.20. The summed E-state index contributed by atoms with van der Waals surface area (Å²) in [6, 6.07) is 12.5. The van der Waals surface area contributed by atoms with Crippen LogP contribution >= 0.6 is 12.4 Å². The Morgan fingerprint density at radius 1 is 1.07 bits per heavy atom. The minimum atomic E-state index is -3.68. The molecule has 1 aliphatic rings. The molecule has 154 valence electrons. The maximum atomic E-state index is 12.9. The summed E-state index contributed by atoms with van der Waals surface area (Å²) in [5.41, 5.74) is 2.53. The summed E-state index contributed by atoms with van der Waals surface area (Å²) in [7, 11) is -2.08. The van der Waals surface area contributed by atoms with Crippen molar-refractivity contribution >= 4 is 33.8 Å². The van der Waals surface area contributed by atoms with Crippen LogP contribution in [0.4, 0.5) is 11.4 Å². The van der Waals surface area contributed by atoms with Gasteiger partial charge in [0, 0.05) is 31.9 Å². The summed E-state index contributed by atoms with van der Waals surface area (Å²) in [5, 5.41) is 3.30. The van der Waals surface area contributed by atoms with Crippen LogP contribution in [0.25, 0.3) is 0 Å². The molecule has 0 atom stereocenters. The van der Waals surface area contributed by atoms with Crippen LogP contribution in [0.5, 0.6) is 5.75 Å². The Morgan fingerprint density at radius 2 is 1.71 bits per heavy atom. The molecular weight excluding hydrogens is 398 g/mol. The Bertz CT molecular complexity index is 880. The minimum absolute atomic E-state index is 0. The number of benzene rings is 2. The van der Waals surface area contributed by atoms with Crippen LogP contribution < -0.4 is 19.7 Å². The van der Waals surface area contributed by atoms with Crippen molar-refractivity contribution in [3.63, 3.8) is 0 Å². The van der Waals surface area contributed by atoms with E-state index in [4.69, 9.17) is 4.74 Å². The van der Waals surface area contributed by atoms with Gasteiger partial charge in [0.15, 0.2) is 0 Å². The second kappa shape index (κ2) is 9.49. The van der Waals surface area contributed by atoms with Gasteiger partial charge in [-0.05, 0) is 41.8 Å². The van der Waals surface area contributed by atoms with Crippen molar-refractivity contribution in [1.29, 1.82) is 0 Å². The molecule has 8 heteroatoms. The maximum Gasteiger partial charge on any atom is 0.261 e. The van der Waals surface area contributed by atoms with Crippen LogP contribution in [-0.4, -0.2) is 41.7 Å². The van der Waals surface area contributed by atoms with Crippen molar-refractivity contribution in [3.05, 3.63) is 48.0 Å². The number of hydrogen-bond donors (Lipinski definition) is 2. The van der Waals surface area contributed by atoms with Gasteiger partial charge >= 0.3 is 0 Å². The normalized spacial score (nSPS) is 14.5. The van der Waals surface area contributed by atoms with E-state index in [0.29, 0.717) is 17.4 Å². The molecule has 2 aromatic rings. The van der Waals surface area contributed by atoms with Crippen molar-refractivity contribution in [2.24, 2.45) is 0 Å². The summed E-state index contributed by atoms with van der Waals surface area (Å²) in [5.74, 6) is 1.08. The lowest BCUT2D eigenvalue weighted by molar-refractivity contribution is 0.412. The summed E-state index contributed by atoms with van der Waals surface area (Å²) in [6.07, 6.45) is 0. The Balaban J connectivity index is 0.00000280. The second-order valence-electron chi connectivity index (χ2n) is 6.95. The second-order valence-corrected chi connectivity index (χ2v) is 8.64. The van der Waals surface area contributed by atoms with Gasteiger partial charge in [-0.25, -0.2) is 8.42 Å². The Labute approximate surface area is 173 Å². The number of methoxy groups -OCH3 is 1. The molecule has 0 spiro atoms. The lowest BCUT2D eigenvalue weighted by Gasteiger charge is -2.30. The molecule has 2 aromatic carbocycles. The van der Waals surface area contributed by atoms with E-state index in [2.05, 4.69) is 28.8 Å². The number of halogens is 1. The molecule has 1 aliphatic heterocycles. The molecule has 0 amide bonds. The number of hydrogen-bond acceptors (Lipinski definition) is 5. The minimum Gasteiger partial charge on any atom is -0.495 e. The van der Waals surface area contributed by atoms with Gasteiger partial charge in [-0.3, -0.25) is 4.72 Å². The molecule has 0 unspecified atom stereocenters. The van der Waals surface area contributed by atoms with Gasteiger partial charge in [-0.1, -0.05) is 26.0 Å². The number of sulfonamides is 1. The van der Waals surface area contributed by atoms with E-state index in [1.54, 1.807) is 37.4 Å². The number of rotatable bonds is 6. The smallest absolute Gasteiger partial charge is 0.261 e. The maximum absolute atomic E-state index is 12.9. The van der Waals surface area contributed by atoms with Gasteiger partial charge in [-0.2, -0.15) is 0 Å². The zero-order valence-electron chi connectivity index (χ0n) is 16.4. The third-order valence-corrected chi connectivity index (χ3v) is 6.13. The lowest BCUT2D eigenvalue weighted by Crippen LogP contribution is -2.43. The number of ether oxygens (including phenoxy) is 1. The first-order chi connectivity index (χ1) is 12.9. The quantitative estimate of drug-likeness (QED) is 0.741. The number of piperazine rings is 1. The van der Waals surface area contributed by atoms with Gasteiger partial charge < -0.3 is 15.0 Å². The van der Waals surface area contributed by atoms with Crippen molar-refractivity contribution in [2.45, 2.75) is 24.7 Å². The van der Waals surface area contributed by atoms with Crippen LogP contribution in [0, 0.1) is 0 Å². The van der Waals surface area contributed by atoms with E-state index in [0.717, 1.165) is 31.9 Å². The molecule has 1 heterocycles. The fraction of sp³-hybridized carbons (Fsp3) is 0.400. The van der Waals surface area contributed by atoms with E-state index >= 15 is 0 Å². The fourth-order valence-corrected chi connectivity index (χ4v) is 4.22. The van der Waals surface area contributed by atoms with Crippen molar-refractivity contribution in [1.82, 2.24) is 5.32 Å². The average Bonchev–Trinajstić information content (AvgIpc) is 2.68. The highest BCUT2D eigenvalue weighted by Crippen LogP contribution is 2.32. The van der Waals surface area contributed by atoms with Crippen molar-refractivity contribution in [3.8, 4) is 5.75 Å². The first-order valence-electron chi connectivity index (χ1n) is 9.17. The summed E-state index contributed by atoms with van der Waals surface area (Å²) < 4.78 is 33.9. The van der Waals surface area contributed by atoms with Crippen LogP contribution in [0.15, 0.2) is 47.4 Å². The van der Waals surface area contributed by atoms with Gasteiger partial charge in [0.1, 0.15) is 5.75 Å². The molecule has 6 nitrogen and oxygen atoms in total. The molecule has 0 bridgehead atoms. The molecule has 1 saturated heterocycles. The molecule has 1 fully saturated rings. The monoisotopic (exact) mass is 425 g/mol. The van der Waals surface area contributed by atoms with Crippen LogP contribution in [0.1, 0.15) is 25.3 Å². The van der Waals surface area contributed by atoms with E-state index in [9.17, 15) is 8.42 Å². The van der Waals surface area contributed by atoms with E-state index < -0.39 is 10.0 Å². The summed E-state index contributed by atoms with van der Waals surface area (Å²) in [6.45, 7) is 7.55. The molecule has 0 saturated carbocycles. The van der Waals surface area contributed by atoms with Crippen LogP contribution in [0.3, 0.4) is 0 Å². The number of anilines is 2. The highest BCUT2D eigenvalue weighted by atomic mass is 35.5. The fourth-order valence-electron chi connectivity index (χ4n) is 3.14. The van der Waals surface area contributed by atoms with Crippen molar-refractivity contribution in [2.75, 3.05) is 42.9 Å². The van der Waals surface area contributed by atoms with E-state index in [1.165, 1.54) is 5.56 Å². The largest absolute Gasteiger partial charge is 0.495 e. The van der Waals surface area contributed by atoms with Gasteiger partial charge in [0.25, 0.3) is 10.0 Å². The van der Waals surface area contributed by atoms with Crippen LogP contribution in [0.2, 0.25) is 0 Å². The summed E-state index contributed by atoms with van der Waals surface area (Å²) >= 11 is 0. The van der Waals surface area contributed by atoms with Crippen molar-refractivity contribution < 1.29 is 13.2 Å². The average molecular weight is 426 g/mol. The van der Waals surface area contributed by atoms with Crippen LogP contribution in [-0.2, 0) is 10.0 Å². The molecule has 3 rings (SSSR count). The molecule has 0 aromatic heterocycles. The molecule has 2 N–H and O–H groups in total. The van der Waals surface area contributed by atoms with Gasteiger partial charge in [0.05, 0.1) is 17.7 Å².